The zero-order valence-corrected chi connectivity index (χ0v) is 6.05. The van der Waals surface area contributed by atoms with E-state index in [0.717, 1.165) is 0 Å². The summed E-state index contributed by atoms with van der Waals surface area (Å²) in [6.07, 6.45) is 0. The van der Waals surface area contributed by atoms with Gasteiger partial charge >= 0.3 is 0 Å². The van der Waals surface area contributed by atoms with Gasteiger partial charge in [-0.1, -0.05) is 5.70 Å². The van der Waals surface area contributed by atoms with Crippen LogP contribution in [0.15, 0.2) is 12.3 Å². The SMILES string of the molecule is C=C[Si](C)(Cl)Cl. The van der Waals surface area contributed by atoms with Gasteiger partial charge in [0.05, 0.1) is 0 Å². The minimum atomic E-state index is -1.92. The van der Waals surface area contributed by atoms with E-state index < -0.39 is 6.69 Å². The Hall–Kier alpha value is 0.537. The van der Waals surface area contributed by atoms with Gasteiger partial charge in [-0.2, -0.15) is 0 Å². The van der Waals surface area contributed by atoms with E-state index in [-0.39, 0.29) is 0 Å². The van der Waals surface area contributed by atoms with E-state index in [0.29, 0.717) is 0 Å². The molecule has 0 rings (SSSR count). The van der Waals surface area contributed by atoms with Gasteiger partial charge in [0.2, 0.25) is 0 Å². The van der Waals surface area contributed by atoms with Crippen molar-refractivity contribution >= 4 is 28.9 Å². The predicted octanol–water partition coefficient (Wildman–Crippen LogP) is 2.26. The van der Waals surface area contributed by atoms with E-state index in [4.69, 9.17) is 22.2 Å². The lowest BCUT2D eigenvalue weighted by atomic mass is 11.3. The fourth-order valence-electron chi connectivity index (χ4n) is 0. The maximum atomic E-state index is 5.50. The van der Waals surface area contributed by atoms with Crippen LogP contribution in [0, 0.1) is 0 Å². The number of hydrogen-bond acceptors (Lipinski definition) is 0. The molecule has 0 amide bonds. The fourth-order valence-corrected chi connectivity index (χ4v) is 0. The van der Waals surface area contributed by atoms with Crippen LogP contribution in [0.5, 0.6) is 0 Å². The first kappa shape index (κ1) is 6.54. The Morgan fingerprint density at radius 2 is 1.83 bits per heavy atom. The van der Waals surface area contributed by atoms with Crippen LogP contribution < -0.4 is 0 Å². The maximum Gasteiger partial charge on any atom is 0.270 e. The normalized spacial score (nSPS) is 11.2. The summed E-state index contributed by atoms with van der Waals surface area (Å²) in [5.74, 6) is 0. The van der Waals surface area contributed by atoms with Crippen LogP contribution in [0.2, 0.25) is 6.55 Å². The Morgan fingerprint density at radius 1 is 1.67 bits per heavy atom. The molecule has 6 heavy (non-hydrogen) atoms. The molecule has 0 atom stereocenters. The second-order valence-corrected chi connectivity index (χ2v) is 8.77. The standard InChI is InChI=1S/C3H6Cl2Si/c1-3-6(2,4)5/h3H,1H2,2H3. The highest BCUT2D eigenvalue weighted by Crippen LogP contribution is 2.12. The molecule has 3 heteroatoms. The summed E-state index contributed by atoms with van der Waals surface area (Å²) in [5.41, 5.74) is 1.61. The lowest BCUT2D eigenvalue weighted by molar-refractivity contribution is 2.19. The highest BCUT2D eigenvalue weighted by Gasteiger charge is 2.12. The molecule has 0 aromatic rings. The van der Waals surface area contributed by atoms with E-state index in [1.54, 1.807) is 12.2 Å². The first-order valence-corrected chi connectivity index (χ1v) is 6.18. The largest absolute Gasteiger partial charge is 0.270 e. The van der Waals surface area contributed by atoms with Crippen LogP contribution in [-0.2, 0) is 0 Å². The van der Waals surface area contributed by atoms with Gasteiger partial charge in [0.1, 0.15) is 0 Å². The minimum Gasteiger partial charge on any atom is -0.141 e. The van der Waals surface area contributed by atoms with Crippen molar-refractivity contribution in [2.24, 2.45) is 0 Å². The van der Waals surface area contributed by atoms with E-state index in [1.807, 2.05) is 0 Å². The van der Waals surface area contributed by atoms with Crippen LogP contribution in [0.1, 0.15) is 0 Å². The third-order valence-corrected chi connectivity index (χ3v) is 2.00. The van der Waals surface area contributed by atoms with Crippen LogP contribution >= 0.6 is 22.2 Å². The van der Waals surface area contributed by atoms with E-state index in [1.165, 1.54) is 0 Å². The molecule has 0 saturated heterocycles. The Balaban J connectivity index is 3.45. The molecule has 0 heterocycles. The molecule has 0 fully saturated rings. The van der Waals surface area contributed by atoms with Crippen molar-refractivity contribution < 1.29 is 0 Å². The number of rotatable bonds is 1. The quantitative estimate of drug-likeness (QED) is 0.388. The molecule has 0 spiro atoms. The fraction of sp³-hybridized carbons (Fsp3) is 0.333. The molecule has 0 N–H and O–H groups in total. The summed E-state index contributed by atoms with van der Waals surface area (Å²) in [7, 11) is 0. The van der Waals surface area contributed by atoms with Gasteiger partial charge in [-0.25, -0.2) is 0 Å². The minimum absolute atomic E-state index is 1.61. The van der Waals surface area contributed by atoms with Crippen molar-refractivity contribution in [2.75, 3.05) is 0 Å². The molecule has 0 aliphatic carbocycles. The highest BCUT2D eigenvalue weighted by atomic mass is 35.7. The summed E-state index contributed by atoms with van der Waals surface area (Å²) in [4.78, 5) is 0. The van der Waals surface area contributed by atoms with Gasteiger partial charge in [0.25, 0.3) is 6.69 Å². The Labute approximate surface area is 48.2 Å². The Kier molecular flexibility index (Phi) is 2.19. The van der Waals surface area contributed by atoms with Gasteiger partial charge in [-0.05, 0) is 6.55 Å². The van der Waals surface area contributed by atoms with Crippen molar-refractivity contribution in [3.05, 3.63) is 12.3 Å². The molecule has 0 radical (unpaired) electrons. The molecular weight excluding hydrogens is 135 g/mol. The smallest absolute Gasteiger partial charge is 0.141 e. The van der Waals surface area contributed by atoms with Gasteiger partial charge in [0.15, 0.2) is 0 Å². The molecule has 0 bridgehead atoms. The molecule has 0 aromatic heterocycles. The summed E-state index contributed by atoms with van der Waals surface area (Å²) < 4.78 is 0. The van der Waals surface area contributed by atoms with Gasteiger partial charge in [0, 0.05) is 0 Å². The first-order valence-electron chi connectivity index (χ1n) is 1.57. The Morgan fingerprint density at radius 3 is 1.83 bits per heavy atom. The monoisotopic (exact) mass is 140 g/mol. The zero-order chi connectivity index (χ0) is 5.21. The van der Waals surface area contributed by atoms with Crippen molar-refractivity contribution in [1.29, 1.82) is 0 Å². The molecule has 0 unspecified atom stereocenters. The molecule has 0 aliphatic rings. The van der Waals surface area contributed by atoms with Crippen molar-refractivity contribution in [2.45, 2.75) is 6.55 Å². The highest BCUT2D eigenvalue weighted by molar-refractivity contribution is 7.47. The second-order valence-electron chi connectivity index (χ2n) is 1.16. The van der Waals surface area contributed by atoms with E-state index >= 15 is 0 Å². The lowest BCUT2D eigenvalue weighted by Gasteiger charge is -1.96. The Bertz CT molecular complexity index is 54.3. The predicted molar refractivity (Wildman–Crippen MR) is 33.5 cm³/mol. The molecular formula is C3H6Cl2Si. The summed E-state index contributed by atoms with van der Waals surface area (Å²) in [6, 6.07) is 0. The molecule has 0 nitrogen and oxygen atoms in total. The first-order chi connectivity index (χ1) is 2.56. The number of halogens is 2. The van der Waals surface area contributed by atoms with E-state index in [9.17, 15) is 0 Å². The lowest BCUT2D eigenvalue weighted by Crippen LogP contribution is -2.05. The van der Waals surface area contributed by atoms with Crippen LogP contribution in [0.25, 0.3) is 0 Å². The summed E-state index contributed by atoms with van der Waals surface area (Å²) in [6.45, 7) is 3.30. The second kappa shape index (κ2) is 2.01. The summed E-state index contributed by atoms with van der Waals surface area (Å²) in [5, 5.41) is 0. The third-order valence-electron chi connectivity index (χ3n) is 0.358. The van der Waals surface area contributed by atoms with Gasteiger partial charge in [-0.15, -0.1) is 28.7 Å². The molecule has 0 aliphatic heterocycles. The number of hydrogen-bond donors (Lipinski definition) is 0. The topological polar surface area (TPSA) is 0 Å². The van der Waals surface area contributed by atoms with Crippen LogP contribution in [0.4, 0.5) is 0 Å². The van der Waals surface area contributed by atoms with Gasteiger partial charge in [-0.3, -0.25) is 0 Å². The maximum absolute atomic E-state index is 5.50. The van der Waals surface area contributed by atoms with Gasteiger partial charge < -0.3 is 0 Å². The van der Waals surface area contributed by atoms with Crippen LogP contribution in [-0.4, -0.2) is 6.69 Å². The van der Waals surface area contributed by atoms with Crippen LogP contribution in [0.3, 0.4) is 0 Å². The van der Waals surface area contributed by atoms with Crippen molar-refractivity contribution in [3.8, 4) is 0 Å². The zero-order valence-electron chi connectivity index (χ0n) is 3.54. The van der Waals surface area contributed by atoms with Crippen molar-refractivity contribution in [3.63, 3.8) is 0 Å². The third kappa shape index (κ3) is 4.54. The molecule has 0 aromatic carbocycles. The average molecular weight is 141 g/mol. The molecule has 0 saturated carbocycles. The van der Waals surface area contributed by atoms with E-state index in [2.05, 4.69) is 6.58 Å². The molecule has 36 valence electrons. The average Bonchev–Trinajstić information content (AvgIpc) is 1.35. The van der Waals surface area contributed by atoms with Crippen molar-refractivity contribution in [1.82, 2.24) is 0 Å². The summed E-state index contributed by atoms with van der Waals surface area (Å²) >= 11 is 11.0.